The number of carbonyl (C=O) groups excluding carboxylic acids is 5. The predicted octanol–water partition coefficient (Wildman–Crippen LogP) is 3.54. The Kier molecular flexibility index (Phi) is 12.0. The summed E-state index contributed by atoms with van der Waals surface area (Å²) >= 11 is 0. The SMILES string of the molecule is C=CCNC(=O)C(=O)[C@H](CCC1CC1)NC(=O)[C@@H]1[C@H]2CCC[C@H]2CN1C(=O)[C@@H](NC(=O)NC1([C@@H]2CCCCS2(=O)=O)CCCCC1)C(C)(C)C. The van der Waals surface area contributed by atoms with Crippen LogP contribution in [-0.2, 0) is 29.0 Å². The zero-order chi connectivity index (χ0) is 36.3. The number of nitrogens with one attached hydrogen (secondary N) is 4. The standard InChI is InChI=1S/C37H59N5O7S/c1-5-21-38-33(45)30(43)27(18-17-24-15-16-24)39-32(44)29-26-13-11-12-25(26)23-42(29)34(46)31(36(2,3)4)40-35(47)41-37(19-8-6-9-20-37)28-14-7-10-22-50(28,48)49/h5,24-29,31H,1,6-23H2,2-4H3,(H,38,45)(H,39,44)(H2,40,41,47)/t25-,26-,27-,28-,29-,31+/m0/s1. The number of rotatable bonds is 13. The van der Waals surface area contributed by atoms with Gasteiger partial charge in [-0.25, -0.2) is 13.2 Å². The maximum Gasteiger partial charge on any atom is 0.315 e. The van der Waals surface area contributed by atoms with Crippen LogP contribution in [0.2, 0.25) is 0 Å². The fourth-order valence-electron chi connectivity index (χ4n) is 9.11. The number of amides is 5. The minimum Gasteiger partial charge on any atom is -0.346 e. The second-order valence-corrected chi connectivity index (χ2v) is 19.0. The molecule has 5 rings (SSSR count). The van der Waals surface area contributed by atoms with Gasteiger partial charge >= 0.3 is 6.03 Å². The zero-order valence-corrected chi connectivity index (χ0v) is 31.1. The van der Waals surface area contributed by atoms with Crippen LogP contribution in [0.5, 0.6) is 0 Å². The summed E-state index contributed by atoms with van der Waals surface area (Å²) in [4.78, 5) is 70.2. The summed E-state index contributed by atoms with van der Waals surface area (Å²) in [5.74, 6) is -1.68. The molecule has 0 aromatic rings. The molecule has 0 radical (unpaired) electrons. The first-order valence-electron chi connectivity index (χ1n) is 19.0. The van der Waals surface area contributed by atoms with Crippen molar-refractivity contribution in [3.8, 4) is 0 Å². The van der Waals surface area contributed by atoms with Crippen molar-refractivity contribution in [1.82, 2.24) is 26.2 Å². The van der Waals surface area contributed by atoms with Crippen molar-refractivity contribution in [3.05, 3.63) is 12.7 Å². The number of hydrogen-bond acceptors (Lipinski definition) is 7. The van der Waals surface area contributed by atoms with Crippen molar-refractivity contribution in [2.75, 3.05) is 18.8 Å². The number of Topliss-reactive ketones (excluding diaryl/α,β-unsaturated/α-hetero) is 1. The number of ketones is 1. The highest BCUT2D eigenvalue weighted by atomic mass is 32.2. The Morgan fingerprint density at radius 1 is 0.920 bits per heavy atom. The van der Waals surface area contributed by atoms with E-state index in [1.807, 2.05) is 20.8 Å². The molecule has 50 heavy (non-hydrogen) atoms. The van der Waals surface area contributed by atoms with Gasteiger partial charge in [-0.15, -0.1) is 6.58 Å². The highest BCUT2D eigenvalue weighted by molar-refractivity contribution is 7.92. The minimum absolute atomic E-state index is 0.0933. The van der Waals surface area contributed by atoms with Gasteiger partial charge in [-0.05, 0) is 74.5 Å². The molecule has 0 bridgehead atoms. The number of hydrogen-bond donors (Lipinski definition) is 4. The molecule has 2 saturated heterocycles. The summed E-state index contributed by atoms with van der Waals surface area (Å²) in [6.07, 6.45) is 13.0. The average Bonchev–Trinajstić information content (AvgIpc) is 3.66. The van der Waals surface area contributed by atoms with E-state index >= 15 is 0 Å². The van der Waals surface area contributed by atoms with Gasteiger partial charge in [-0.1, -0.05) is 71.8 Å². The summed E-state index contributed by atoms with van der Waals surface area (Å²) in [7, 11) is -3.39. The van der Waals surface area contributed by atoms with Crippen molar-refractivity contribution >= 4 is 39.4 Å². The van der Waals surface area contributed by atoms with Crippen molar-refractivity contribution in [3.63, 3.8) is 0 Å². The van der Waals surface area contributed by atoms with Crippen LogP contribution < -0.4 is 21.3 Å². The minimum atomic E-state index is -3.39. The van der Waals surface area contributed by atoms with Gasteiger partial charge in [0.05, 0.1) is 22.6 Å². The molecule has 4 N–H and O–H groups in total. The number of sulfone groups is 1. The van der Waals surface area contributed by atoms with Crippen LogP contribution in [0.3, 0.4) is 0 Å². The second kappa shape index (κ2) is 15.7. The lowest BCUT2D eigenvalue weighted by Gasteiger charge is -2.45. The van der Waals surface area contributed by atoms with Gasteiger partial charge in [-0.3, -0.25) is 19.2 Å². The monoisotopic (exact) mass is 717 g/mol. The van der Waals surface area contributed by atoms with E-state index < -0.39 is 67.8 Å². The Bertz CT molecular complexity index is 1410. The number of carbonyl (C=O) groups is 5. The molecule has 3 aliphatic carbocycles. The van der Waals surface area contributed by atoms with Crippen LogP contribution in [0, 0.1) is 23.2 Å². The van der Waals surface area contributed by atoms with E-state index in [4.69, 9.17) is 0 Å². The van der Waals surface area contributed by atoms with Crippen molar-refractivity contribution in [2.24, 2.45) is 23.2 Å². The highest BCUT2D eigenvalue weighted by Gasteiger charge is 2.53. The molecule has 2 aliphatic heterocycles. The van der Waals surface area contributed by atoms with E-state index in [0.717, 1.165) is 64.2 Å². The second-order valence-electron chi connectivity index (χ2n) is 16.7. The number of urea groups is 1. The first-order valence-corrected chi connectivity index (χ1v) is 20.7. The smallest absolute Gasteiger partial charge is 0.315 e. The molecule has 5 amide bonds. The maximum atomic E-state index is 14.6. The molecule has 0 spiro atoms. The van der Waals surface area contributed by atoms with Crippen molar-refractivity contribution in [1.29, 1.82) is 0 Å². The third-order valence-corrected chi connectivity index (χ3v) is 14.4. The van der Waals surface area contributed by atoms with E-state index in [-0.39, 0.29) is 30.0 Å². The Labute approximate surface area is 298 Å². The molecular weight excluding hydrogens is 659 g/mol. The molecular formula is C37H59N5O7S. The summed E-state index contributed by atoms with van der Waals surface area (Å²) in [5.41, 5.74) is -1.63. The van der Waals surface area contributed by atoms with Gasteiger partial charge in [0.2, 0.25) is 17.6 Å². The van der Waals surface area contributed by atoms with E-state index in [1.54, 1.807) is 4.90 Å². The van der Waals surface area contributed by atoms with Gasteiger partial charge in [-0.2, -0.15) is 0 Å². The molecule has 6 atom stereocenters. The molecule has 0 unspecified atom stereocenters. The molecule has 2 heterocycles. The van der Waals surface area contributed by atoms with E-state index in [9.17, 15) is 32.4 Å². The zero-order valence-electron chi connectivity index (χ0n) is 30.3. The summed E-state index contributed by atoms with van der Waals surface area (Å²) < 4.78 is 26.6. The van der Waals surface area contributed by atoms with Crippen molar-refractivity contribution < 1.29 is 32.4 Å². The first kappa shape index (κ1) is 38.3. The van der Waals surface area contributed by atoms with Crippen LogP contribution >= 0.6 is 0 Å². The largest absolute Gasteiger partial charge is 0.346 e. The molecule has 12 nitrogen and oxygen atoms in total. The molecule has 5 fully saturated rings. The first-order chi connectivity index (χ1) is 23.7. The topological polar surface area (TPSA) is 171 Å². The summed E-state index contributed by atoms with van der Waals surface area (Å²) in [6, 6.07) is -3.42. The molecule has 5 aliphatic rings. The predicted molar refractivity (Wildman–Crippen MR) is 191 cm³/mol. The summed E-state index contributed by atoms with van der Waals surface area (Å²) in [6.45, 7) is 9.66. The average molecular weight is 718 g/mol. The van der Waals surface area contributed by atoms with Gasteiger partial charge < -0.3 is 26.2 Å². The van der Waals surface area contributed by atoms with Gasteiger partial charge in [0.25, 0.3) is 5.91 Å². The lowest BCUT2D eigenvalue weighted by molar-refractivity contribution is -0.144. The fraction of sp³-hybridized carbons (Fsp3) is 0.811. The molecule has 0 aromatic heterocycles. The summed E-state index contributed by atoms with van der Waals surface area (Å²) in [5, 5.41) is 10.8. The van der Waals surface area contributed by atoms with E-state index in [1.165, 1.54) is 6.08 Å². The normalized spacial score (nSPS) is 28.4. The molecule has 13 heteroatoms. The fourth-order valence-corrected chi connectivity index (χ4v) is 11.5. The Hall–Kier alpha value is -2.96. The molecule has 280 valence electrons. The Morgan fingerprint density at radius 2 is 1.64 bits per heavy atom. The maximum absolute atomic E-state index is 14.6. The van der Waals surface area contributed by atoms with Gasteiger partial charge in [0.15, 0.2) is 9.84 Å². The number of nitrogens with zero attached hydrogens (tertiary/aromatic N) is 1. The molecule has 0 aromatic carbocycles. The quantitative estimate of drug-likeness (QED) is 0.167. The highest BCUT2D eigenvalue weighted by Crippen LogP contribution is 2.44. The van der Waals surface area contributed by atoms with Crippen molar-refractivity contribution in [2.45, 2.75) is 146 Å². The number of likely N-dealkylation sites (tertiary alicyclic amines) is 1. The molecule has 3 saturated carbocycles. The number of fused-ring (bicyclic) bond motifs is 1. The van der Waals surface area contributed by atoms with Crippen LogP contribution in [0.1, 0.15) is 117 Å². The van der Waals surface area contributed by atoms with E-state index in [2.05, 4.69) is 27.8 Å². The van der Waals surface area contributed by atoms with Crippen LogP contribution in [0.25, 0.3) is 0 Å². The third kappa shape index (κ3) is 8.73. The lowest BCUT2D eigenvalue weighted by atomic mass is 9.77. The van der Waals surface area contributed by atoms with Gasteiger partial charge in [0.1, 0.15) is 12.1 Å². The lowest BCUT2D eigenvalue weighted by Crippen LogP contribution is -2.66. The van der Waals surface area contributed by atoms with E-state index in [0.29, 0.717) is 44.6 Å². The van der Waals surface area contributed by atoms with Crippen LogP contribution in [0.15, 0.2) is 12.7 Å². The van der Waals surface area contributed by atoms with Crippen LogP contribution in [0.4, 0.5) is 4.79 Å². The van der Waals surface area contributed by atoms with Gasteiger partial charge in [0, 0.05) is 13.1 Å². The third-order valence-electron chi connectivity index (χ3n) is 12.0. The Morgan fingerprint density at radius 3 is 2.28 bits per heavy atom. The Balaban J connectivity index is 1.35. The van der Waals surface area contributed by atoms with Crippen LogP contribution in [-0.4, -0.2) is 90.6 Å².